The highest BCUT2D eigenvalue weighted by Crippen LogP contribution is 2.09. The van der Waals surface area contributed by atoms with Crippen molar-refractivity contribution in [1.29, 1.82) is 0 Å². The van der Waals surface area contributed by atoms with Crippen LogP contribution in [0.3, 0.4) is 0 Å². The van der Waals surface area contributed by atoms with Gasteiger partial charge in [0.15, 0.2) is 0 Å². The molecule has 0 fully saturated rings. The molecule has 0 aromatic heterocycles. The maximum Gasteiger partial charge on any atom is 0.254 e. The molecule has 20 heavy (non-hydrogen) atoms. The van der Waals surface area contributed by atoms with Crippen molar-refractivity contribution in [3.8, 4) is 0 Å². The Kier molecular flexibility index (Phi) is 7.69. The Morgan fingerprint density at radius 2 is 1.75 bits per heavy atom. The summed E-state index contributed by atoms with van der Waals surface area (Å²) in [6.45, 7) is 7.31. The Bertz CT molecular complexity index is 400. The number of carbonyl (C=O) groups excluding carboxylic acids is 1. The quantitative estimate of drug-likeness (QED) is 0.553. The Morgan fingerprint density at radius 3 is 2.25 bits per heavy atom. The van der Waals surface area contributed by atoms with E-state index in [0.29, 0.717) is 50.8 Å². The maximum absolute atomic E-state index is 12.4. The topological polar surface area (TPSA) is 64.8 Å². The summed E-state index contributed by atoms with van der Waals surface area (Å²) in [6.07, 6.45) is 0. The van der Waals surface area contributed by atoms with Crippen molar-refractivity contribution < 1.29 is 14.3 Å². The molecule has 0 aliphatic carbocycles. The molecule has 0 aliphatic rings. The average Bonchev–Trinajstić information content (AvgIpc) is 2.45. The molecule has 0 aliphatic heterocycles. The SMILES string of the molecule is CCOCCN(CCOCC)C(=O)c1cccc(N)c1. The van der Waals surface area contributed by atoms with Gasteiger partial charge in [-0.3, -0.25) is 4.79 Å². The number of ether oxygens (including phenoxy) is 2. The Morgan fingerprint density at radius 1 is 1.15 bits per heavy atom. The van der Waals surface area contributed by atoms with Gasteiger partial charge in [0.05, 0.1) is 13.2 Å². The molecule has 0 unspecified atom stereocenters. The van der Waals surface area contributed by atoms with E-state index in [1.165, 1.54) is 0 Å². The van der Waals surface area contributed by atoms with Gasteiger partial charge in [0, 0.05) is 37.6 Å². The van der Waals surface area contributed by atoms with Crippen LogP contribution in [0.25, 0.3) is 0 Å². The van der Waals surface area contributed by atoms with Crippen molar-refractivity contribution in [2.24, 2.45) is 0 Å². The maximum atomic E-state index is 12.4. The zero-order chi connectivity index (χ0) is 14.8. The molecule has 1 aromatic carbocycles. The van der Waals surface area contributed by atoms with Crippen LogP contribution in [-0.4, -0.2) is 50.3 Å². The lowest BCUT2D eigenvalue weighted by Crippen LogP contribution is -2.36. The second kappa shape index (κ2) is 9.34. The highest BCUT2D eigenvalue weighted by atomic mass is 16.5. The van der Waals surface area contributed by atoms with Crippen molar-refractivity contribution in [3.05, 3.63) is 29.8 Å². The first-order chi connectivity index (χ1) is 9.69. The molecule has 2 N–H and O–H groups in total. The second-order valence-corrected chi connectivity index (χ2v) is 4.31. The molecule has 0 saturated carbocycles. The monoisotopic (exact) mass is 280 g/mol. The van der Waals surface area contributed by atoms with Crippen LogP contribution < -0.4 is 5.73 Å². The Labute approximate surface area is 120 Å². The minimum absolute atomic E-state index is 0.0447. The highest BCUT2D eigenvalue weighted by molar-refractivity contribution is 5.95. The van der Waals surface area contributed by atoms with Gasteiger partial charge < -0.3 is 20.1 Å². The first-order valence-corrected chi connectivity index (χ1v) is 6.99. The normalized spacial score (nSPS) is 10.5. The number of amides is 1. The van der Waals surface area contributed by atoms with Gasteiger partial charge in [0.25, 0.3) is 5.91 Å². The number of benzene rings is 1. The van der Waals surface area contributed by atoms with Crippen LogP contribution in [0.5, 0.6) is 0 Å². The number of carbonyl (C=O) groups is 1. The van der Waals surface area contributed by atoms with Crippen LogP contribution in [-0.2, 0) is 9.47 Å². The molecule has 0 atom stereocenters. The van der Waals surface area contributed by atoms with Gasteiger partial charge in [-0.2, -0.15) is 0 Å². The fourth-order valence-corrected chi connectivity index (χ4v) is 1.81. The molecular formula is C15H24N2O3. The molecule has 5 heteroatoms. The summed E-state index contributed by atoms with van der Waals surface area (Å²) in [5, 5.41) is 0. The summed E-state index contributed by atoms with van der Waals surface area (Å²) in [5.74, 6) is -0.0447. The summed E-state index contributed by atoms with van der Waals surface area (Å²) in [4.78, 5) is 14.2. The molecule has 5 nitrogen and oxygen atoms in total. The molecule has 0 radical (unpaired) electrons. The van der Waals surface area contributed by atoms with Crippen molar-refractivity contribution in [3.63, 3.8) is 0 Å². The van der Waals surface area contributed by atoms with Gasteiger partial charge >= 0.3 is 0 Å². The lowest BCUT2D eigenvalue weighted by Gasteiger charge is -2.22. The molecule has 1 rings (SSSR count). The van der Waals surface area contributed by atoms with E-state index in [1.807, 2.05) is 13.8 Å². The third-order valence-corrected chi connectivity index (χ3v) is 2.84. The average molecular weight is 280 g/mol. The summed E-state index contributed by atoms with van der Waals surface area (Å²) in [5.41, 5.74) is 6.90. The number of rotatable bonds is 9. The van der Waals surface area contributed by atoms with Gasteiger partial charge in [-0.15, -0.1) is 0 Å². The van der Waals surface area contributed by atoms with Gasteiger partial charge in [-0.25, -0.2) is 0 Å². The van der Waals surface area contributed by atoms with Crippen molar-refractivity contribution >= 4 is 11.6 Å². The Balaban J connectivity index is 2.66. The first-order valence-electron chi connectivity index (χ1n) is 6.99. The summed E-state index contributed by atoms with van der Waals surface area (Å²) < 4.78 is 10.6. The number of nitrogens with two attached hydrogens (primary N) is 1. The van der Waals surface area contributed by atoms with Crippen LogP contribution >= 0.6 is 0 Å². The number of hydrogen-bond acceptors (Lipinski definition) is 4. The summed E-state index contributed by atoms with van der Waals surface area (Å²) >= 11 is 0. The zero-order valence-electron chi connectivity index (χ0n) is 12.3. The standard InChI is InChI=1S/C15H24N2O3/c1-3-19-10-8-17(9-11-20-4-2)15(18)13-6-5-7-14(16)12-13/h5-7,12H,3-4,8-11,16H2,1-2H3. The minimum Gasteiger partial charge on any atom is -0.399 e. The fourth-order valence-electron chi connectivity index (χ4n) is 1.81. The van der Waals surface area contributed by atoms with Crippen LogP contribution in [0.4, 0.5) is 5.69 Å². The number of nitrogens with zero attached hydrogens (tertiary/aromatic N) is 1. The molecule has 1 amide bonds. The lowest BCUT2D eigenvalue weighted by molar-refractivity contribution is 0.0550. The highest BCUT2D eigenvalue weighted by Gasteiger charge is 2.15. The summed E-state index contributed by atoms with van der Waals surface area (Å²) in [6, 6.07) is 7.01. The van der Waals surface area contributed by atoms with E-state index in [-0.39, 0.29) is 5.91 Å². The van der Waals surface area contributed by atoms with Crippen molar-refractivity contribution in [2.45, 2.75) is 13.8 Å². The third kappa shape index (κ3) is 5.59. The Hall–Kier alpha value is -1.59. The predicted molar refractivity (Wildman–Crippen MR) is 79.7 cm³/mol. The van der Waals surface area contributed by atoms with Crippen LogP contribution in [0.1, 0.15) is 24.2 Å². The predicted octanol–water partition coefficient (Wildman–Crippen LogP) is 1.78. The molecular weight excluding hydrogens is 256 g/mol. The lowest BCUT2D eigenvalue weighted by atomic mass is 10.2. The third-order valence-electron chi connectivity index (χ3n) is 2.84. The number of hydrogen-bond donors (Lipinski definition) is 1. The summed E-state index contributed by atoms with van der Waals surface area (Å²) in [7, 11) is 0. The molecule has 0 saturated heterocycles. The van der Waals surface area contributed by atoms with E-state index in [0.717, 1.165) is 0 Å². The van der Waals surface area contributed by atoms with E-state index in [2.05, 4.69) is 0 Å². The van der Waals surface area contributed by atoms with Gasteiger partial charge in [0.2, 0.25) is 0 Å². The van der Waals surface area contributed by atoms with E-state index in [4.69, 9.17) is 15.2 Å². The van der Waals surface area contributed by atoms with E-state index >= 15 is 0 Å². The van der Waals surface area contributed by atoms with Crippen LogP contribution in [0.15, 0.2) is 24.3 Å². The molecule has 0 bridgehead atoms. The molecule has 1 aromatic rings. The smallest absolute Gasteiger partial charge is 0.254 e. The number of nitrogen functional groups attached to an aromatic ring is 1. The molecule has 112 valence electrons. The van der Waals surface area contributed by atoms with Gasteiger partial charge in [-0.1, -0.05) is 6.07 Å². The first kappa shape index (κ1) is 16.5. The van der Waals surface area contributed by atoms with Crippen LogP contribution in [0, 0.1) is 0 Å². The molecule has 0 heterocycles. The van der Waals surface area contributed by atoms with Crippen LogP contribution in [0.2, 0.25) is 0 Å². The minimum atomic E-state index is -0.0447. The van der Waals surface area contributed by atoms with Gasteiger partial charge in [-0.05, 0) is 32.0 Å². The molecule has 0 spiro atoms. The zero-order valence-corrected chi connectivity index (χ0v) is 12.3. The van der Waals surface area contributed by atoms with E-state index in [9.17, 15) is 4.79 Å². The largest absolute Gasteiger partial charge is 0.399 e. The van der Waals surface area contributed by atoms with E-state index < -0.39 is 0 Å². The fraction of sp³-hybridized carbons (Fsp3) is 0.533. The van der Waals surface area contributed by atoms with E-state index in [1.54, 1.807) is 29.2 Å². The van der Waals surface area contributed by atoms with Crippen molar-refractivity contribution in [1.82, 2.24) is 4.90 Å². The number of anilines is 1. The van der Waals surface area contributed by atoms with Gasteiger partial charge in [0.1, 0.15) is 0 Å². The van der Waals surface area contributed by atoms with Crippen molar-refractivity contribution in [2.75, 3.05) is 45.3 Å². The second-order valence-electron chi connectivity index (χ2n) is 4.31.